The third kappa shape index (κ3) is 5.83. The molecule has 0 fully saturated rings. The second-order valence-corrected chi connectivity index (χ2v) is 8.87. The molecule has 1 N–H and O–H groups in total. The van der Waals surface area contributed by atoms with Crippen molar-refractivity contribution in [2.75, 3.05) is 18.1 Å². The van der Waals surface area contributed by atoms with Gasteiger partial charge in [-0.15, -0.1) is 0 Å². The Bertz CT molecular complexity index is 865. The third-order valence-corrected chi connectivity index (χ3v) is 5.37. The summed E-state index contributed by atoms with van der Waals surface area (Å²) in [7, 11) is -3.55. The summed E-state index contributed by atoms with van der Waals surface area (Å²) in [6, 6.07) is 14.4. The van der Waals surface area contributed by atoms with E-state index in [1.165, 1.54) is 0 Å². The molecule has 26 heavy (non-hydrogen) atoms. The molecule has 0 aliphatic heterocycles. The smallest absolute Gasteiger partial charge is 0.239 e. The van der Waals surface area contributed by atoms with Crippen LogP contribution in [-0.4, -0.2) is 31.4 Å². The molecule has 0 aromatic heterocycles. The summed E-state index contributed by atoms with van der Waals surface area (Å²) in [6.45, 7) is 3.92. The summed E-state index contributed by atoms with van der Waals surface area (Å²) in [5, 5.41) is 3.40. The molecule has 7 heteroatoms. The molecular formula is C19H23ClN2O3S. The van der Waals surface area contributed by atoms with Crippen molar-refractivity contribution in [2.24, 2.45) is 0 Å². The number of halogens is 1. The summed E-state index contributed by atoms with van der Waals surface area (Å²) < 4.78 is 25.3. The van der Waals surface area contributed by atoms with E-state index in [0.29, 0.717) is 10.7 Å². The van der Waals surface area contributed by atoms with E-state index in [2.05, 4.69) is 5.32 Å². The fourth-order valence-corrected chi connectivity index (χ4v) is 3.41. The molecule has 0 saturated heterocycles. The van der Waals surface area contributed by atoms with Crippen LogP contribution in [0.4, 0.5) is 5.69 Å². The van der Waals surface area contributed by atoms with Gasteiger partial charge >= 0.3 is 0 Å². The van der Waals surface area contributed by atoms with Crippen LogP contribution in [0.5, 0.6) is 0 Å². The fourth-order valence-electron chi connectivity index (χ4n) is 2.55. The topological polar surface area (TPSA) is 66.5 Å². The van der Waals surface area contributed by atoms with E-state index in [0.717, 1.165) is 21.7 Å². The predicted octanol–water partition coefficient (Wildman–Crippen LogP) is 3.86. The van der Waals surface area contributed by atoms with Crippen molar-refractivity contribution in [1.82, 2.24) is 4.31 Å². The zero-order valence-electron chi connectivity index (χ0n) is 15.1. The molecule has 0 heterocycles. The molecule has 0 aliphatic carbocycles. The van der Waals surface area contributed by atoms with E-state index in [-0.39, 0.29) is 24.9 Å². The number of hydrogen-bond donors (Lipinski definition) is 1. The molecule has 0 saturated carbocycles. The Morgan fingerprint density at radius 3 is 2.31 bits per heavy atom. The van der Waals surface area contributed by atoms with Crippen LogP contribution in [0.1, 0.15) is 30.9 Å². The van der Waals surface area contributed by atoms with E-state index >= 15 is 0 Å². The van der Waals surface area contributed by atoms with Crippen LogP contribution in [-0.2, 0) is 21.4 Å². The van der Waals surface area contributed by atoms with Gasteiger partial charge in [0.25, 0.3) is 0 Å². The largest absolute Gasteiger partial charge is 0.325 e. The molecular weight excluding hydrogens is 372 g/mol. The monoisotopic (exact) mass is 394 g/mol. The number of rotatable bonds is 7. The number of anilines is 1. The lowest BCUT2D eigenvalue weighted by molar-refractivity contribution is -0.116. The van der Waals surface area contributed by atoms with E-state index in [1.54, 1.807) is 24.3 Å². The summed E-state index contributed by atoms with van der Waals surface area (Å²) >= 11 is 5.86. The van der Waals surface area contributed by atoms with Crippen molar-refractivity contribution in [2.45, 2.75) is 26.3 Å². The first-order valence-electron chi connectivity index (χ1n) is 8.25. The van der Waals surface area contributed by atoms with Gasteiger partial charge in [0.05, 0.1) is 12.8 Å². The van der Waals surface area contributed by atoms with Crippen molar-refractivity contribution in [3.63, 3.8) is 0 Å². The molecule has 0 spiro atoms. The molecule has 0 radical (unpaired) electrons. The number of para-hydroxylation sites is 1. The minimum Gasteiger partial charge on any atom is -0.325 e. The Morgan fingerprint density at radius 2 is 1.73 bits per heavy atom. The van der Waals surface area contributed by atoms with E-state index in [4.69, 9.17) is 11.6 Å². The van der Waals surface area contributed by atoms with Gasteiger partial charge in [0.2, 0.25) is 15.9 Å². The van der Waals surface area contributed by atoms with E-state index in [9.17, 15) is 13.2 Å². The molecule has 0 aliphatic rings. The first kappa shape index (κ1) is 20.4. The van der Waals surface area contributed by atoms with Crippen molar-refractivity contribution < 1.29 is 13.2 Å². The van der Waals surface area contributed by atoms with Crippen LogP contribution in [0.15, 0.2) is 48.5 Å². The van der Waals surface area contributed by atoms with Gasteiger partial charge in [-0.25, -0.2) is 8.42 Å². The van der Waals surface area contributed by atoms with E-state index < -0.39 is 10.0 Å². The summed E-state index contributed by atoms with van der Waals surface area (Å²) in [5.74, 6) is -0.135. The van der Waals surface area contributed by atoms with Crippen molar-refractivity contribution in [3.05, 3.63) is 64.7 Å². The Labute approximate surface area is 160 Å². The zero-order valence-corrected chi connectivity index (χ0v) is 16.6. The fraction of sp³-hybridized carbons (Fsp3) is 0.316. The van der Waals surface area contributed by atoms with Crippen LogP contribution in [0.25, 0.3) is 0 Å². The molecule has 2 rings (SSSR count). The highest BCUT2D eigenvalue weighted by Crippen LogP contribution is 2.23. The van der Waals surface area contributed by atoms with Crippen molar-refractivity contribution in [3.8, 4) is 0 Å². The number of benzene rings is 2. The Hall–Kier alpha value is -1.89. The molecule has 0 unspecified atom stereocenters. The van der Waals surface area contributed by atoms with Crippen LogP contribution >= 0.6 is 11.6 Å². The Balaban J connectivity index is 2.13. The average Bonchev–Trinajstić information content (AvgIpc) is 2.55. The van der Waals surface area contributed by atoms with Gasteiger partial charge in [0, 0.05) is 17.3 Å². The highest BCUT2D eigenvalue weighted by atomic mass is 35.5. The maximum absolute atomic E-state index is 12.5. The van der Waals surface area contributed by atoms with Crippen LogP contribution < -0.4 is 5.32 Å². The standard InChI is InChI=1S/C19H23ClN2O3S/c1-14(2)17-6-4-5-7-18(17)21-19(23)13-22(26(3,24)25)12-15-8-10-16(20)11-9-15/h4-11,14H,12-13H2,1-3H3,(H,21,23). The van der Waals surface area contributed by atoms with E-state index in [1.807, 2.05) is 38.1 Å². The van der Waals surface area contributed by atoms with Gasteiger partial charge in [-0.1, -0.05) is 55.8 Å². The van der Waals surface area contributed by atoms with Crippen LogP contribution in [0.2, 0.25) is 5.02 Å². The highest BCUT2D eigenvalue weighted by molar-refractivity contribution is 7.88. The van der Waals surface area contributed by atoms with Gasteiger partial charge in [-0.2, -0.15) is 4.31 Å². The molecule has 2 aromatic carbocycles. The summed E-state index contributed by atoms with van der Waals surface area (Å²) in [5.41, 5.74) is 2.46. The van der Waals surface area contributed by atoms with Gasteiger partial charge in [0.15, 0.2) is 0 Å². The number of nitrogens with one attached hydrogen (secondary N) is 1. The Morgan fingerprint density at radius 1 is 1.12 bits per heavy atom. The lowest BCUT2D eigenvalue weighted by Gasteiger charge is -2.20. The predicted molar refractivity (Wildman–Crippen MR) is 106 cm³/mol. The van der Waals surface area contributed by atoms with Gasteiger partial charge in [-0.3, -0.25) is 4.79 Å². The second-order valence-electron chi connectivity index (χ2n) is 6.45. The molecule has 5 nitrogen and oxygen atoms in total. The third-order valence-electron chi connectivity index (χ3n) is 3.92. The molecule has 0 bridgehead atoms. The quantitative estimate of drug-likeness (QED) is 0.775. The molecule has 2 aromatic rings. The second kappa shape index (κ2) is 8.66. The molecule has 1 amide bonds. The maximum Gasteiger partial charge on any atom is 0.239 e. The minimum atomic E-state index is -3.55. The highest BCUT2D eigenvalue weighted by Gasteiger charge is 2.21. The van der Waals surface area contributed by atoms with Crippen molar-refractivity contribution >= 4 is 33.2 Å². The molecule has 140 valence electrons. The summed E-state index contributed by atoms with van der Waals surface area (Å²) in [6.07, 6.45) is 1.10. The van der Waals surface area contributed by atoms with Gasteiger partial charge in [-0.05, 0) is 35.2 Å². The first-order chi connectivity index (χ1) is 12.2. The van der Waals surface area contributed by atoms with Crippen molar-refractivity contribution in [1.29, 1.82) is 0 Å². The minimum absolute atomic E-state index is 0.106. The number of amides is 1. The zero-order chi connectivity index (χ0) is 19.3. The van der Waals surface area contributed by atoms with Crippen LogP contribution in [0.3, 0.4) is 0 Å². The lowest BCUT2D eigenvalue weighted by atomic mass is 10.0. The maximum atomic E-state index is 12.5. The first-order valence-corrected chi connectivity index (χ1v) is 10.5. The number of carbonyl (C=O) groups excluding carboxylic acids is 1. The van der Waals surface area contributed by atoms with Gasteiger partial charge in [0.1, 0.15) is 0 Å². The normalized spacial score (nSPS) is 11.8. The number of hydrogen-bond acceptors (Lipinski definition) is 3. The Kier molecular flexibility index (Phi) is 6.81. The van der Waals surface area contributed by atoms with Crippen LogP contribution in [0, 0.1) is 0 Å². The number of carbonyl (C=O) groups is 1. The summed E-state index contributed by atoms with van der Waals surface area (Å²) in [4.78, 5) is 12.5. The lowest BCUT2D eigenvalue weighted by Crippen LogP contribution is -2.37. The average molecular weight is 395 g/mol. The number of sulfonamides is 1. The molecule has 0 atom stereocenters. The number of nitrogens with zero attached hydrogens (tertiary/aromatic N) is 1. The van der Waals surface area contributed by atoms with Gasteiger partial charge < -0.3 is 5.32 Å². The SMILES string of the molecule is CC(C)c1ccccc1NC(=O)CN(Cc1ccc(Cl)cc1)S(C)(=O)=O.